The topological polar surface area (TPSA) is 64.7 Å². The second-order valence-electron chi connectivity index (χ2n) is 5.12. The summed E-state index contributed by atoms with van der Waals surface area (Å²) in [5.74, 6) is 0.690. The summed E-state index contributed by atoms with van der Waals surface area (Å²) in [6.45, 7) is 0. The number of pyridine rings is 1. The summed E-state index contributed by atoms with van der Waals surface area (Å²) in [6.07, 6.45) is 3.87. The molecular formula is C16H14N4. The third-order valence-electron chi connectivity index (χ3n) is 3.91. The molecule has 98 valence electrons. The van der Waals surface area contributed by atoms with E-state index in [0.717, 1.165) is 35.3 Å². The molecule has 1 aliphatic rings. The molecule has 0 fully saturated rings. The van der Waals surface area contributed by atoms with Crippen molar-refractivity contribution in [3.63, 3.8) is 0 Å². The van der Waals surface area contributed by atoms with Crippen LogP contribution in [0.15, 0.2) is 42.6 Å². The molecule has 1 unspecified atom stereocenters. The van der Waals surface area contributed by atoms with Crippen LogP contribution in [-0.4, -0.2) is 15.0 Å². The average Bonchev–Trinajstić information content (AvgIpc) is 2.90. The van der Waals surface area contributed by atoms with E-state index < -0.39 is 0 Å². The van der Waals surface area contributed by atoms with E-state index in [9.17, 15) is 0 Å². The van der Waals surface area contributed by atoms with Gasteiger partial charge in [0.2, 0.25) is 0 Å². The standard InChI is InChI=1S/C16H14N4/c17-16-15(19-12-5-1-2-6-13(12)20-16)11-8-7-10-4-3-9-18-14(10)11/h1-6,9,11H,7-8H2,(H2,17,20). The van der Waals surface area contributed by atoms with Gasteiger partial charge in [0.1, 0.15) is 5.82 Å². The van der Waals surface area contributed by atoms with Gasteiger partial charge in [0, 0.05) is 12.1 Å². The van der Waals surface area contributed by atoms with E-state index in [-0.39, 0.29) is 5.92 Å². The van der Waals surface area contributed by atoms with Crippen LogP contribution in [0, 0.1) is 0 Å². The summed E-state index contributed by atoms with van der Waals surface area (Å²) < 4.78 is 0. The third kappa shape index (κ3) is 1.65. The molecule has 2 N–H and O–H groups in total. The van der Waals surface area contributed by atoms with Crippen LogP contribution in [0.2, 0.25) is 0 Å². The quantitative estimate of drug-likeness (QED) is 0.732. The lowest BCUT2D eigenvalue weighted by Gasteiger charge is -2.13. The Balaban J connectivity index is 1.89. The molecule has 0 saturated heterocycles. The van der Waals surface area contributed by atoms with Crippen LogP contribution < -0.4 is 5.73 Å². The first-order chi connectivity index (χ1) is 9.83. The molecule has 0 amide bonds. The molecule has 4 heteroatoms. The maximum Gasteiger partial charge on any atom is 0.146 e. The number of nitrogen functional groups attached to an aromatic ring is 1. The van der Waals surface area contributed by atoms with Gasteiger partial charge >= 0.3 is 0 Å². The number of hydrogen-bond donors (Lipinski definition) is 1. The van der Waals surface area contributed by atoms with Crippen molar-refractivity contribution in [2.45, 2.75) is 18.8 Å². The van der Waals surface area contributed by atoms with Crippen molar-refractivity contribution in [3.05, 3.63) is 59.5 Å². The summed E-state index contributed by atoms with van der Waals surface area (Å²) in [5.41, 5.74) is 11.1. The van der Waals surface area contributed by atoms with Gasteiger partial charge in [-0.15, -0.1) is 0 Å². The molecule has 4 rings (SSSR count). The highest BCUT2D eigenvalue weighted by Crippen LogP contribution is 2.37. The number of anilines is 1. The van der Waals surface area contributed by atoms with Gasteiger partial charge in [0.05, 0.1) is 22.4 Å². The lowest BCUT2D eigenvalue weighted by atomic mass is 10.0. The summed E-state index contributed by atoms with van der Waals surface area (Å²) in [7, 11) is 0. The summed E-state index contributed by atoms with van der Waals surface area (Å²) >= 11 is 0. The highest BCUT2D eigenvalue weighted by Gasteiger charge is 2.28. The normalized spacial score (nSPS) is 17.3. The molecule has 4 nitrogen and oxygen atoms in total. The zero-order valence-electron chi connectivity index (χ0n) is 11.0. The predicted octanol–water partition coefficient (Wildman–Crippen LogP) is 2.69. The molecule has 0 spiro atoms. The largest absolute Gasteiger partial charge is 0.382 e. The predicted molar refractivity (Wildman–Crippen MR) is 78.4 cm³/mol. The zero-order valence-corrected chi connectivity index (χ0v) is 11.0. The fraction of sp³-hybridized carbons (Fsp3) is 0.188. The Morgan fingerprint density at radius 2 is 1.75 bits per heavy atom. The average molecular weight is 262 g/mol. The van der Waals surface area contributed by atoms with Gasteiger partial charge in [0.15, 0.2) is 0 Å². The van der Waals surface area contributed by atoms with Crippen molar-refractivity contribution >= 4 is 16.9 Å². The monoisotopic (exact) mass is 262 g/mol. The molecule has 1 aromatic carbocycles. The van der Waals surface area contributed by atoms with Gasteiger partial charge in [-0.05, 0) is 36.6 Å². The van der Waals surface area contributed by atoms with Crippen LogP contribution >= 0.6 is 0 Å². The number of rotatable bonds is 1. The van der Waals surface area contributed by atoms with E-state index in [1.807, 2.05) is 36.5 Å². The molecule has 1 atom stereocenters. The van der Waals surface area contributed by atoms with E-state index in [4.69, 9.17) is 10.7 Å². The fourth-order valence-electron chi connectivity index (χ4n) is 2.96. The van der Waals surface area contributed by atoms with E-state index in [1.165, 1.54) is 5.56 Å². The molecule has 2 heterocycles. The maximum absolute atomic E-state index is 6.12. The Kier molecular flexibility index (Phi) is 2.42. The molecular weight excluding hydrogens is 248 g/mol. The molecule has 2 aromatic heterocycles. The van der Waals surface area contributed by atoms with Gasteiger partial charge < -0.3 is 5.73 Å². The number of aryl methyl sites for hydroxylation is 1. The lowest BCUT2D eigenvalue weighted by molar-refractivity contribution is 0.749. The Morgan fingerprint density at radius 3 is 2.60 bits per heavy atom. The molecule has 0 saturated carbocycles. The second-order valence-corrected chi connectivity index (χ2v) is 5.12. The maximum atomic E-state index is 6.12. The highest BCUT2D eigenvalue weighted by molar-refractivity contribution is 5.76. The first kappa shape index (κ1) is 11.3. The van der Waals surface area contributed by atoms with Gasteiger partial charge in [-0.2, -0.15) is 0 Å². The van der Waals surface area contributed by atoms with Gasteiger partial charge in [0.25, 0.3) is 0 Å². The van der Waals surface area contributed by atoms with Crippen molar-refractivity contribution in [2.75, 3.05) is 5.73 Å². The van der Waals surface area contributed by atoms with E-state index in [1.54, 1.807) is 0 Å². The number of hydrogen-bond acceptors (Lipinski definition) is 4. The summed E-state index contributed by atoms with van der Waals surface area (Å²) in [4.78, 5) is 13.7. The Labute approximate surface area is 116 Å². The molecule has 0 aliphatic heterocycles. The van der Waals surface area contributed by atoms with Crippen LogP contribution in [0.1, 0.15) is 29.3 Å². The smallest absolute Gasteiger partial charge is 0.146 e. The van der Waals surface area contributed by atoms with Crippen LogP contribution in [0.4, 0.5) is 5.82 Å². The number of nitrogens with two attached hydrogens (primary N) is 1. The van der Waals surface area contributed by atoms with E-state index in [0.29, 0.717) is 5.82 Å². The highest BCUT2D eigenvalue weighted by atomic mass is 14.9. The Hall–Kier alpha value is -2.49. The van der Waals surface area contributed by atoms with Gasteiger partial charge in [-0.25, -0.2) is 9.97 Å². The molecule has 3 aromatic rings. The van der Waals surface area contributed by atoms with Crippen LogP contribution in [0.3, 0.4) is 0 Å². The van der Waals surface area contributed by atoms with Gasteiger partial charge in [-0.3, -0.25) is 4.98 Å². The minimum atomic E-state index is 0.170. The summed E-state index contributed by atoms with van der Waals surface area (Å²) in [6, 6.07) is 11.9. The molecule has 0 bridgehead atoms. The SMILES string of the molecule is Nc1nc2ccccc2nc1C1CCc2cccnc21. The van der Waals surface area contributed by atoms with E-state index >= 15 is 0 Å². The van der Waals surface area contributed by atoms with Crippen LogP contribution in [0.25, 0.3) is 11.0 Å². The first-order valence-corrected chi connectivity index (χ1v) is 6.79. The van der Waals surface area contributed by atoms with Crippen molar-refractivity contribution < 1.29 is 0 Å². The van der Waals surface area contributed by atoms with Crippen molar-refractivity contribution in [1.82, 2.24) is 15.0 Å². The van der Waals surface area contributed by atoms with Gasteiger partial charge in [-0.1, -0.05) is 18.2 Å². The Morgan fingerprint density at radius 1 is 0.950 bits per heavy atom. The van der Waals surface area contributed by atoms with E-state index in [2.05, 4.69) is 16.0 Å². The molecule has 1 aliphatic carbocycles. The first-order valence-electron chi connectivity index (χ1n) is 6.79. The number of benzene rings is 1. The number of aromatic nitrogens is 3. The van der Waals surface area contributed by atoms with Crippen LogP contribution in [0.5, 0.6) is 0 Å². The van der Waals surface area contributed by atoms with Crippen molar-refractivity contribution in [2.24, 2.45) is 0 Å². The second kappa shape index (κ2) is 4.27. The van der Waals surface area contributed by atoms with Crippen molar-refractivity contribution in [3.8, 4) is 0 Å². The molecule has 0 radical (unpaired) electrons. The third-order valence-corrected chi connectivity index (χ3v) is 3.91. The zero-order chi connectivity index (χ0) is 13.5. The Bertz CT molecular complexity index is 797. The fourth-order valence-corrected chi connectivity index (χ4v) is 2.96. The number of fused-ring (bicyclic) bond motifs is 2. The number of nitrogens with zero attached hydrogens (tertiary/aromatic N) is 3. The number of para-hydroxylation sites is 2. The molecule has 20 heavy (non-hydrogen) atoms. The van der Waals surface area contributed by atoms with Crippen molar-refractivity contribution in [1.29, 1.82) is 0 Å². The summed E-state index contributed by atoms with van der Waals surface area (Å²) in [5, 5.41) is 0. The lowest BCUT2D eigenvalue weighted by Crippen LogP contribution is -2.08. The minimum Gasteiger partial charge on any atom is -0.382 e. The minimum absolute atomic E-state index is 0.170. The van der Waals surface area contributed by atoms with Crippen LogP contribution in [-0.2, 0) is 6.42 Å².